The first kappa shape index (κ1) is 14.5. The SMILES string of the molecule is CC(C)CNC(=O)CNCCC1CCCCO1. The van der Waals surface area contributed by atoms with Crippen LogP contribution in [-0.4, -0.2) is 38.3 Å². The molecule has 100 valence electrons. The van der Waals surface area contributed by atoms with Crippen LogP contribution in [0.3, 0.4) is 0 Å². The number of hydrogen-bond donors (Lipinski definition) is 2. The monoisotopic (exact) mass is 242 g/mol. The van der Waals surface area contributed by atoms with Crippen molar-refractivity contribution in [1.82, 2.24) is 10.6 Å². The Bertz CT molecular complexity index is 213. The molecular formula is C13H26N2O2. The topological polar surface area (TPSA) is 50.4 Å². The summed E-state index contributed by atoms with van der Waals surface area (Å²) in [5, 5.41) is 6.05. The average Bonchev–Trinajstić information content (AvgIpc) is 2.33. The molecule has 1 unspecified atom stereocenters. The fourth-order valence-corrected chi connectivity index (χ4v) is 1.88. The van der Waals surface area contributed by atoms with E-state index in [-0.39, 0.29) is 5.91 Å². The maximum Gasteiger partial charge on any atom is 0.233 e. The quantitative estimate of drug-likeness (QED) is 0.662. The van der Waals surface area contributed by atoms with E-state index in [1.807, 2.05) is 0 Å². The van der Waals surface area contributed by atoms with Gasteiger partial charge in [0, 0.05) is 13.2 Å². The van der Waals surface area contributed by atoms with Crippen molar-refractivity contribution in [3.05, 3.63) is 0 Å². The van der Waals surface area contributed by atoms with Crippen LogP contribution in [-0.2, 0) is 9.53 Å². The second-order valence-corrected chi connectivity index (χ2v) is 5.15. The summed E-state index contributed by atoms with van der Waals surface area (Å²) in [7, 11) is 0. The molecule has 1 aliphatic rings. The fraction of sp³-hybridized carbons (Fsp3) is 0.923. The molecule has 0 saturated carbocycles. The van der Waals surface area contributed by atoms with Crippen molar-refractivity contribution >= 4 is 5.91 Å². The lowest BCUT2D eigenvalue weighted by molar-refractivity contribution is -0.120. The van der Waals surface area contributed by atoms with Crippen molar-refractivity contribution in [2.45, 2.75) is 45.6 Å². The molecule has 0 aromatic rings. The lowest BCUT2D eigenvalue weighted by atomic mass is 10.1. The predicted octanol–water partition coefficient (Wildman–Crippen LogP) is 1.31. The molecule has 1 saturated heterocycles. The van der Waals surface area contributed by atoms with Crippen LogP contribution in [0, 0.1) is 5.92 Å². The van der Waals surface area contributed by atoms with Gasteiger partial charge in [0.15, 0.2) is 0 Å². The Morgan fingerprint density at radius 1 is 1.41 bits per heavy atom. The Balaban J connectivity index is 1.94. The maximum atomic E-state index is 11.4. The van der Waals surface area contributed by atoms with Gasteiger partial charge in [0.05, 0.1) is 12.6 Å². The Morgan fingerprint density at radius 2 is 2.24 bits per heavy atom. The molecule has 1 rings (SSSR count). The summed E-state index contributed by atoms with van der Waals surface area (Å²) in [5.74, 6) is 0.595. The number of amides is 1. The third kappa shape index (κ3) is 7.34. The summed E-state index contributed by atoms with van der Waals surface area (Å²) in [6.07, 6.45) is 5.05. The molecule has 4 nitrogen and oxygen atoms in total. The molecule has 1 atom stereocenters. The number of carbonyl (C=O) groups excluding carboxylic acids is 1. The van der Waals surface area contributed by atoms with Gasteiger partial charge in [-0.2, -0.15) is 0 Å². The van der Waals surface area contributed by atoms with E-state index in [1.54, 1.807) is 0 Å². The van der Waals surface area contributed by atoms with E-state index in [1.165, 1.54) is 19.3 Å². The molecule has 0 spiro atoms. The Kier molecular flexibility index (Phi) is 7.21. The maximum absolute atomic E-state index is 11.4. The van der Waals surface area contributed by atoms with Gasteiger partial charge in [-0.05, 0) is 38.1 Å². The van der Waals surface area contributed by atoms with Crippen LogP contribution in [0.1, 0.15) is 39.5 Å². The average molecular weight is 242 g/mol. The predicted molar refractivity (Wildman–Crippen MR) is 68.9 cm³/mol. The third-order valence-electron chi connectivity index (χ3n) is 2.91. The minimum absolute atomic E-state index is 0.0864. The molecule has 1 aliphatic heterocycles. The van der Waals surface area contributed by atoms with E-state index in [4.69, 9.17) is 4.74 Å². The highest BCUT2D eigenvalue weighted by Crippen LogP contribution is 2.14. The van der Waals surface area contributed by atoms with E-state index in [0.717, 1.165) is 26.1 Å². The first-order valence-corrected chi connectivity index (χ1v) is 6.77. The highest BCUT2D eigenvalue weighted by atomic mass is 16.5. The van der Waals surface area contributed by atoms with E-state index >= 15 is 0 Å². The zero-order chi connectivity index (χ0) is 12.5. The first-order valence-electron chi connectivity index (χ1n) is 6.77. The Hall–Kier alpha value is -0.610. The van der Waals surface area contributed by atoms with Crippen LogP contribution >= 0.6 is 0 Å². The van der Waals surface area contributed by atoms with Gasteiger partial charge in [0.25, 0.3) is 0 Å². The lowest BCUT2D eigenvalue weighted by Gasteiger charge is -2.22. The molecule has 1 amide bonds. The number of carbonyl (C=O) groups is 1. The highest BCUT2D eigenvalue weighted by Gasteiger charge is 2.13. The fourth-order valence-electron chi connectivity index (χ4n) is 1.88. The van der Waals surface area contributed by atoms with Crippen molar-refractivity contribution in [3.8, 4) is 0 Å². The van der Waals surface area contributed by atoms with Gasteiger partial charge in [0.1, 0.15) is 0 Å². The summed E-state index contributed by atoms with van der Waals surface area (Å²) in [5.41, 5.74) is 0. The molecular weight excluding hydrogens is 216 g/mol. The molecule has 1 heterocycles. The van der Waals surface area contributed by atoms with Gasteiger partial charge in [-0.3, -0.25) is 4.79 Å². The van der Waals surface area contributed by atoms with E-state index in [2.05, 4.69) is 24.5 Å². The second-order valence-electron chi connectivity index (χ2n) is 5.15. The van der Waals surface area contributed by atoms with E-state index < -0.39 is 0 Å². The van der Waals surface area contributed by atoms with E-state index in [9.17, 15) is 4.79 Å². The van der Waals surface area contributed by atoms with Crippen molar-refractivity contribution in [3.63, 3.8) is 0 Å². The summed E-state index contributed by atoms with van der Waals surface area (Å²) >= 11 is 0. The zero-order valence-electron chi connectivity index (χ0n) is 11.1. The van der Waals surface area contributed by atoms with Gasteiger partial charge >= 0.3 is 0 Å². The Morgan fingerprint density at radius 3 is 2.88 bits per heavy atom. The van der Waals surface area contributed by atoms with Crippen molar-refractivity contribution < 1.29 is 9.53 Å². The van der Waals surface area contributed by atoms with Crippen LogP contribution in [0.4, 0.5) is 0 Å². The number of nitrogens with one attached hydrogen (secondary N) is 2. The van der Waals surface area contributed by atoms with Crippen molar-refractivity contribution in [1.29, 1.82) is 0 Å². The number of ether oxygens (including phenoxy) is 1. The third-order valence-corrected chi connectivity index (χ3v) is 2.91. The Labute approximate surface area is 104 Å². The second kappa shape index (κ2) is 8.48. The molecule has 17 heavy (non-hydrogen) atoms. The van der Waals surface area contributed by atoms with Crippen LogP contribution < -0.4 is 10.6 Å². The molecule has 1 fully saturated rings. The van der Waals surface area contributed by atoms with Crippen LogP contribution in [0.2, 0.25) is 0 Å². The normalized spacial score (nSPS) is 20.5. The van der Waals surface area contributed by atoms with Gasteiger partial charge in [-0.15, -0.1) is 0 Å². The standard InChI is InChI=1S/C13H26N2O2/c1-11(2)9-15-13(16)10-14-7-6-12-5-3-4-8-17-12/h11-12,14H,3-10H2,1-2H3,(H,15,16). The molecule has 4 heteroatoms. The summed E-state index contributed by atoms with van der Waals surface area (Å²) < 4.78 is 5.62. The smallest absolute Gasteiger partial charge is 0.233 e. The molecule has 0 radical (unpaired) electrons. The van der Waals surface area contributed by atoms with Crippen molar-refractivity contribution in [2.75, 3.05) is 26.2 Å². The largest absolute Gasteiger partial charge is 0.378 e. The van der Waals surface area contributed by atoms with Gasteiger partial charge < -0.3 is 15.4 Å². The minimum atomic E-state index is 0.0864. The van der Waals surface area contributed by atoms with Gasteiger partial charge in [-0.25, -0.2) is 0 Å². The summed E-state index contributed by atoms with van der Waals surface area (Å²) in [6.45, 7) is 7.12. The number of hydrogen-bond acceptors (Lipinski definition) is 3. The van der Waals surface area contributed by atoms with Gasteiger partial charge in [0.2, 0.25) is 5.91 Å². The summed E-state index contributed by atoms with van der Waals surface area (Å²) in [6, 6.07) is 0. The molecule has 2 N–H and O–H groups in total. The van der Waals surface area contributed by atoms with Gasteiger partial charge in [-0.1, -0.05) is 13.8 Å². The highest BCUT2D eigenvalue weighted by molar-refractivity contribution is 5.77. The number of rotatable bonds is 7. The van der Waals surface area contributed by atoms with Crippen LogP contribution in [0.25, 0.3) is 0 Å². The molecule has 0 aromatic heterocycles. The molecule has 0 aliphatic carbocycles. The first-order chi connectivity index (χ1) is 8.18. The molecule has 0 bridgehead atoms. The lowest BCUT2D eigenvalue weighted by Crippen LogP contribution is -2.37. The van der Waals surface area contributed by atoms with Crippen molar-refractivity contribution in [2.24, 2.45) is 5.92 Å². The zero-order valence-corrected chi connectivity index (χ0v) is 11.1. The van der Waals surface area contributed by atoms with Crippen LogP contribution in [0.5, 0.6) is 0 Å². The minimum Gasteiger partial charge on any atom is -0.378 e. The summed E-state index contributed by atoms with van der Waals surface area (Å²) in [4.78, 5) is 11.4. The van der Waals surface area contributed by atoms with Crippen LogP contribution in [0.15, 0.2) is 0 Å². The molecule has 0 aromatic carbocycles. The van der Waals surface area contributed by atoms with E-state index in [0.29, 0.717) is 18.6 Å².